The van der Waals surface area contributed by atoms with E-state index in [0.717, 1.165) is 5.56 Å². The van der Waals surface area contributed by atoms with E-state index in [4.69, 9.17) is 0 Å². The fourth-order valence-corrected chi connectivity index (χ4v) is 2.61. The van der Waals surface area contributed by atoms with E-state index in [1.807, 2.05) is 13.2 Å². The summed E-state index contributed by atoms with van der Waals surface area (Å²) in [4.78, 5) is 20.2. The van der Waals surface area contributed by atoms with Crippen LogP contribution < -0.4 is 5.32 Å². The number of hydrogen-bond acceptors (Lipinski definition) is 5. The second-order valence-electron chi connectivity index (χ2n) is 5.37. The predicted octanol–water partition coefficient (Wildman–Crippen LogP) is 0.452. The summed E-state index contributed by atoms with van der Waals surface area (Å²) in [7, 11) is 1.83. The Kier molecular flexibility index (Phi) is 3.66. The van der Waals surface area contributed by atoms with E-state index in [9.17, 15) is 9.90 Å². The Balaban J connectivity index is 1.78. The lowest BCUT2D eigenvalue weighted by atomic mass is 9.75. The number of aryl methyl sites for hydroxylation is 1. The quantitative estimate of drug-likeness (QED) is 0.851. The summed E-state index contributed by atoms with van der Waals surface area (Å²) in [6.07, 6.45) is 9.16. The zero-order chi connectivity index (χ0) is 14.8. The molecule has 0 aromatic carbocycles. The van der Waals surface area contributed by atoms with Crippen molar-refractivity contribution in [1.29, 1.82) is 0 Å². The average Bonchev–Trinajstić information content (AvgIpc) is 2.89. The highest BCUT2D eigenvalue weighted by Crippen LogP contribution is 2.38. The molecule has 110 valence electrons. The maximum Gasteiger partial charge on any atom is 0.271 e. The van der Waals surface area contributed by atoms with E-state index >= 15 is 0 Å². The first-order valence-electron chi connectivity index (χ1n) is 6.87. The van der Waals surface area contributed by atoms with Gasteiger partial charge in [-0.15, -0.1) is 0 Å². The number of aliphatic hydroxyl groups excluding tert-OH is 1. The molecular weight excluding hydrogens is 270 g/mol. The SMILES string of the molecule is Cn1cc([C@@H](NC(=O)c2cnccn2)C2CC(O)C2)cn1. The van der Waals surface area contributed by atoms with Crippen molar-refractivity contribution in [3.63, 3.8) is 0 Å². The van der Waals surface area contributed by atoms with E-state index in [2.05, 4.69) is 20.4 Å². The number of nitrogens with one attached hydrogen (secondary N) is 1. The smallest absolute Gasteiger partial charge is 0.271 e. The summed E-state index contributed by atoms with van der Waals surface area (Å²) >= 11 is 0. The van der Waals surface area contributed by atoms with Crippen LogP contribution in [0, 0.1) is 5.92 Å². The third-order valence-electron chi connectivity index (χ3n) is 3.79. The van der Waals surface area contributed by atoms with Crippen molar-refractivity contribution in [1.82, 2.24) is 25.1 Å². The molecule has 0 saturated heterocycles. The lowest BCUT2D eigenvalue weighted by Crippen LogP contribution is -2.41. The van der Waals surface area contributed by atoms with E-state index in [-0.39, 0.29) is 29.7 Å². The first-order valence-corrected chi connectivity index (χ1v) is 6.87. The highest BCUT2D eigenvalue weighted by Gasteiger charge is 2.36. The number of carbonyl (C=O) groups is 1. The molecule has 0 spiro atoms. The molecule has 7 heteroatoms. The van der Waals surface area contributed by atoms with Crippen molar-refractivity contribution >= 4 is 5.91 Å². The van der Waals surface area contributed by atoms with E-state index < -0.39 is 0 Å². The lowest BCUT2D eigenvalue weighted by molar-refractivity contribution is 0.0234. The van der Waals surface area contributed by atoms with Crippen LogP contribution in [0.5, 0.6) is 0 Å². The fraction of sp³-hybridized carbons (Fsp3) is 0.429. The van der Waals surface area contributed by atoms with Gasteiger partial charge in [0.1, 0.15) is 5.69 Å². The second kappa shape index (κ2) is 5.61. The van der Waals surface area contributed by atoms with Gasteiger partial charge in [-0.05, 0) is 18.8 Å². The van der Waals surface area contributed by atoms with E-state index in [1.165, 1.54) is 18.6 Å². The molecule has 2 heterocycles. The standard InChI is InChI=1S/C14H17N5O2/c1-19-8-10(6-17-19)13(9-4-11(20)5-9)18-14(21)12-7-15-2-3-16-12/h2-3,6-9,11,13,20H,4-5H2,1H3,(H,18,21)/t9?,11?,13-/m0/s1. The molecule has 3 rings (SSSR count). The fourth-order valence-electron chi connectivity index (χ4n) is 2.61. The Labute approximate surface area is 122 Å². The van der Waals surface area contributed by atoms with Crippen LogP contribution in [0.2, 0.25) is 0 Å². The Morgan fingerprint density at radius 1 is 1.43 bits per heavy atom. The van der Waals surface area contributed by atoms with Gasteiger partial charge in [0, 0.05) is 31.2 Å². The van der Waals surface area contributed by atoms with Crippen molar-refractivity contribution in [3.8, 4) is 0 Å². The van der Waals surface area contributed by atoms with Crippen molar-refractivity contribution in [2.24, 2.45) is 13.0 Å². The molecule has 1 aliphatic rings. The van der Waals surface area contributed by atoms with Crippen LogP contribution in [0.4, 0.5) is 0 Å². The summed E-state index contributed by atoms with van der Waals surface area (Å²) in [5.41, 5.74) is 1.22. The maximum absolute atomic E-state index is 12.3. The largest absolute Gasteiger partial charge is 0.393 e. The van der Waals surface area contributed by atoms with Gasteiger partial charge in [-0.25, -0.2) is 4.98 Å². The Hall–Kier alpha value is -2.28. The van der Waals surface area contributed by atoms with Gasteiger partial charge >= 0.3 is 0 Å². The van der Waals surface area contributed by atoms with Gasteiger partial charge in [0.15, 0.2) is 0 Å². The molecule has 2 aromatic heterocycles. The molecule has 0 radical (unpaired) electrons. The Morgan fingerprint density at radius 3 is 2.81 bits per heavy atom. The normalized spacial score (nSPS) is 22.4. The van der Waals surface area contributed by atoms with Gasteiger partial charge in [0.25, 0.3) is 5.91 Å². The number of aromatic nitrogens is 4. The van der Waals surface area contributed by atoms with Gasteiger partial charge in [-0.1, -0.05) is 0 Å². The molecule has 2 N–H and O–H groups in total. The molecule has 1 atom stereocenters. The molecular formula is C14H17N5O2. The first kappa shape index (κ1) is 13.7. The maximum atomic E-state index is 12.3. The number of hydrogen-bond donors (Lipinski definition) is 2. The molecule has 0 bridgehead atoms. The van der Waals surface area contributed by atoms with Crippen molar-refractivity contribution < 1.29 is 9.90 Å². The molecule has 1 fully saturated rings. The predicted molar refractivity (Wildman–Crippen MR) is 74.2 cm³/mol. The minimum atomic E-state index is -0.275. The molecule has 2 aromatic rings. The van der Waals surface area contributed by atoms with Gasteiger partial charge < -0.3 is 10.4 Å². The number of carbonyl (C=O) groups excluding carboxylic acids is 1. The highest BCUT2D eigenvalue weighted by atomic mass is 16.3. The molecule has 1 amide bonds. The number of nitrogens with zero attached hydrogens (tertiary/aromatic N) is 4. The summed E-state index contributed by atoms with van der Waals surface area (Å²) in [5.74, 6) is -0.0526. The first-order chi connectivity index (χ1) is 10.1. The van der Waals surface area contributed by atoms with E-state index in [1.54, 1.807) is 10.9 Å². The Bertz CT molecular complexity index is 621. The van der Waals surface area contributed by atoms with Crippen molar-refractivity contribution in [2.45, 2.75) is 25.0 Å². The van der Waals surface area contributed by atoms with Gasteiger partial charge in [-0.2, -0.15) is 5.10 Å². The van der Waals surface area contributed by atoms with Gasteiger partial charge in [0.2, 0.25) is 0 Å². The highest BCUT2D eigenvalue weighted by molar-refractivity contribution is 5.92. The van der Waals surface area contributed by atoms with Crippen LogP contribution in [0.15, 0.2) is 31.0 Å². The lowest BCUT2D eigenvalue weighted by Gasteiger charge is -2.37. The van der Waals surface area contributed by atoms with Crippen LogP contribution in [-0.4, -0.2) is 36.9 Å². The molecule has 0 unspecified atom stereocenters. The third-order valence-corrected chi connectivity index (χ3v) is 3.79. The van der Waals surface area contributed by atoms with Crippen molar-refractivity contribution in [2.75, 3.05) is 0 Å². The number of rotatable bonds is 4. The van der Waals surface area contributed by atoms with Crippen LogP contribution in [0.25, 0.3) is 0 Å². The summed E-state index contributed by atoms with van der Waals surface area (Å²) < 4.78 is 1.70. The van der Waals surface area contributed by atoms with Crippen LogP contribution in [0.3, 0.4) is 0 Å². The zero-order valence-corrected chi connectivity index (χ0v) is 11.7. The Morgan fingerprint density at radius 2 is 2.24 bits per heavy atom. The van der Waals surface area contributed by atoms with Crippen LogP contribution in [-0.2, 0) is 7.05 Å². The molecule has 1 saturated carbocycles. The minimum Gasteiger partial charge on any atom is -0.393 e. The number of aliphatic hydroxyl groups is 1. The monoisotopic (exact) mass is 287 g/mol. The molecule has 21 heavy (non-hydrogen) atoms. The topological polar surface area (TPSA) is 92.9 Å². The number of amides is 1. The summed E-state index contributed by atoms with van der Waals surface area (Å²) in [6, 6.07) is -0.170. The summed E-state index contributed by atoms with van der Waals surface area (Å²) in [6.45, 7) is 0. The molecule has 1 aliphatic carbocycles. The van der Waals surface area contributed by atoms with E-state index in [0.29, 0.717) is 12.8 Å². The third kappa shape index (κ3) is 2.92. The van der Waals surface area contributed by atoms with Gasteiger partial charge in [0.05, 0.1) is 24.5 Å². The van der Waals surface area contributed by atoms with Crippen molar-refractivity contribution in [3.05, 3.63) is 42.2 Å². The molecule has 0 aliphatic heterocycles. The molecule has 7 nitrogen and oxygen atoms in total. The average molecular weight is 287 g/mol. The van der Waals surface area contributed by atoms with Crippen LogP contribution in [0.1, 0.15) is 34.9 Å². The summed E-state index contributed by atoms with van der Waals surface area (Å²) in [5, 5.41) is 16.6. The van der Waals surface area contributed by atoms with Crippen LogP contribution >= 0.6 is 0 Å². The zero-order valence-electron chi connectivity index (χ0n) is 11.7. The minimum absolute atomic E-state index is 0.170. The second-order valence-corrected chi connectivity index (χ2v) is 5.37. The van der Waals surface area contributed by atoms with Gasteiger partial charge in [-0.3, -0.25) is 14.5 Å².